The lowest BCUT2D eigenvalue weighted by Gasteiger charge is -2.08. The second-order valence-electron chi connectivity index (χ2n) is 7.07. The van der Waals surface area contributed by atoms with Crippen LogP contribution in [0.2, 0.25) is 4.34 Å². The molecule has 166 valence electrons. The number of rotatable bonds is 6. The second-order valence-corrected chi connectivity index (χ2v) is 10.7. The molecule has 6 nitrogen and oxygen atoms in total. The number of nitrogens with zero attached hydrogens (tertiary/aromatic N) is 2. The lowest BCUT2D eigenvalue weighted by atomic mass is 10.1. The minimum Gasteiger partial charge on any atom is -0.468 e. The van der Waals surface area contributed by atoms with Gasteiger partial charge >= 0.3 is 5.97 Å². The summed E-state index contributed by atoms with van der Waals surface area (Å²) in [7, 11) is -2.60. The largest absolute Gasteiger partial charge is 0.468 e. The molecule has 0 spiro atoms. The predicted octanol–water partition coefficient (Wildman–Crippen LogP) is 4.80. The first-order valence-electron chi connectivity index (χ1n) is 9.50. The minimum absolute atomic E-state index is 0.0469. The van der Waals surface area contributed by atoms with Gasteiger partial charge in [0.1, 0.15) is 12.4 Å². The zero-order chi connectivity index (χ0) is 23.0. The van der Waals surface area contributed by atoms with E-state index in [-0.39, 0.29) is 22.9 Å². The molecule has 1 aromatic carbocycles. The van der Waals surface area contributed by atoms with Gasteiger partial charge in [-0.2, -0.15) is 0 Å². The highest BCUT2D eigenvalue weighted by atomic mass is 35.5. The molecule has 0 amide bonds. The van der Waals surface area contributed by atoms with Crippen molar-refractivity contribution in [3.05, 3.63) is 74.9 Å². The summed E-state index contributed by atoms with van der Waals surface area (Å²) >= 11 is 7.35. The van der Waals surface area contributed by atoms with E-state index in [2.05, 4.69) is 4.98 Å². The summed E-state index contributed by atoms with van der Waals surface area (Å²) in [5.74, 6) is -0.877. The van der Waals surface area contributed by atoms with Crippen LogP contribution >= 0.6 is 22.9 Å². The first kappa shape index (κ1) is 22.4. The first-order chi connectivity index (χ1) is 15.2. The van der Waals surface area contributed by atoms with Gasteiger partial charge in [0.25, 0.3) is 0 Å². The molecule has 0 bridgehead atoms. The van der Waals surface area contributed by atoms with Gasteiger partial charge in [0, 0.05) is 34.1 Å². The maximum Gasteiger partial charge on any atom is 0.325 e. The molecule has 0 atom stereocenters. The predicted molar refractivity (Wildman–Crippen MR) is 120 cm³/mol. The molecular formula is C22H18ClFN2O4S2. The van der Waals surface area contributed by atoms with Crippen molar-refractivity contribution < 1.29 is 22.3 Å². The van der Waals surface area contributed by atoms with Gasteiger partial charge in [-0.25, -0.2) is 17.8 Å². The number of pyridine rings is 1. The van der Waals surface area contributed by atoms with E-state index in [0.717, 1.165) is 11.3 Å². The van der Waals surface area contributed by atoms with Crippen LogP contribution in [-0.2, 0) is 32.3 Å². The molecule has 0 aliphatic carbocycles. The fraction of sp³-hybridized carbons (Fsp3) is 0.182. The van der Waals surface area contributed by atoms with Crippen molar-refractivity contribution in [3.8, 4) is 0 Å². The highest BCUT2D eigenvalue weighted by Crippen LogP contribution is 2.37. The van der Waals surface area contributed by atoms with E-state index in [4.69, 9.17) is 16.3 Å². The molecule has 4 rings (SSSR count). The smallest absolute Gasteiger partial charge is 0.325 e. The number of fused-ring (bicyclic) bond motifs is 1. The summed E-state index contributed by atoms with van der Waals surface area (Å²) in [6, 6.07) is 10.4. The monoisotopic (exact) mass is 492 g/mol. The zero-order valence-electron chi connectivity index (χ0n) is 17.1. The molecule has 0 radical (unpaired) electrons. The Bertz CT molecular complexity index is 1430. The summed E-state index contributed by atoms with van der Waals surface area (Å²) in [5.41, 5.74) is 2.07. The number of methoxy groups -OCH3 is 1. The van der Waals surface area contributed by atoms with Gasteiger partial charge in [0.15, 0.2) is 5.03 Å². The third kappa shape index (κ3) is 4.03. The number of halogens is 2. The van der Waals surface area contributed by atoms with Crippen molar-refractivity contribution in [1.82, 2.24) is 9.55 Å². The van der Waals surface area contributed by atoms with Crippen molar-refractivity contribution in [2.45, 2.75) is 29.8 Å². The molecule has 0 aliphatic rings. The summed E-state index contributed by atoms with van der Waals surface area (Å²) in [4.78, 5) is 16.5. The van der Waals surface area contributed by atoms with Crippen molar-refractivity contribution in [3.63, 3.8) is 0 Å². The molecule has 10 heteroatoms. The standard InChI is InChI=1S/C22H18ClFN2O4S2/c1-13-15(16-9-14(24)6-7-17(16)26(13)12-22(27)30-2)10-18-19(11-20(23)31-18)32(28,29)21-5-3-4-8-25-21/h3-9,11H,10,12H2,1-2H3. The molecule has 0 fully saturated rings. The van der Waals surface area contributed by atoms with E-state index in [1.165, 1.54) is 37.6 Å². The summed E-state index contributed by atoms with van der Waals surface area (Å²) in [6.45, 7) is 1.76. The van der Waals surface area contributed by atoms with Crippen LogP contribution in [0.4, 0.5) is 4.39 Å². The Hall–Kier alpha value is -2.75. The molecule has 3 aromatic heterocycles. The van der Waals surface area contributed by atoms with Gasteiger partial charge in [-0.3, -0.25) is 4.79 Å². The van der Waals surface area contributed by atoms with Gasteiger partial charge in [0.2, 0.25) is 9.84 Å². The zero-order valence-corrected chi connectivity index (χ0v) is 19.5. The number of sulfone groups is 1. The minimum atomic E-state index is -3.90. The third-order valence-corrected chi connectivity index (χ3v) is 8.34. The number of benzene rings is 1. The number of carbonyl (C=O) groups is 1. The van der Waals surface area contributed by atoms with E-state index in [1.54, 1.807) is 29.7 Å². The van der Waals surface area contributed by atoms with Crippen LogP contribution in [0.1, 0.15) is 16.1 Å². The van der Waals surface area contributed by atoms with Crippen LogP contribution in [0.15, 0.2) is 58.6 Å². The topological polar surface area (TPSA) is 78.3 Å². The Morgan fingerprint density at radius 3 is 2.72 bits per heavy atom. The molecule has 0 aliphatic heterocycles. The van der Waals surface area contributed by atoms with Crippen molar-refractivity contribution in [1.29, 1.82) is 0 Å². The highest BCUT2D eigenvalue weighted by molar-refractivity contribution is 7.91. The van der Waals surface area contributed by atoms with Crippen LogP contribution in [0, 0.1) is 12.7 Å². The lowest BCUT2D eigenvalue weighted by molar-refractivity contribution is -0.141. The quantitative estimate of drug-likeness (QED) is 0.361. The maximum absolute atomic E-state index is 14.1. The summed E-state index contributed by atoms with van der Waals surface area (Å²) in [5, 5.41) is 0.517. The van der Waals surface area contributed by atoms with E-state index in [0.29, 0.717) is 31.4 Å². The van der Waals surface area contributed by atoms with Crippen molar-refractivity contribution in [2.75, 3.05) is 7.11 Å². The molecule has 4 aromatic rings. The van der Waals surface area contributed by atoms with E-state index in [9.17, 15) is 17.6 Å². The van der Waals surface area contributed by atoms with Crippen LogP contribution in [-0.4, -0.2) is 31.0 Å². The average Bonchev–Trinajstić information content (AvgIpc) is 3.27. The second kappa shape index (κ2) is 8.65. The van der Waals surface area contributed by atoms with Gasteiger partial charge in [0.05, 0.1) is 16.3 Å². The fourth-order valence-corrected chi connectivity index (χ4v) is 6.75. The SMILES string of the molecule is COC(=O)Cn1c(C)c(Cc2sc(Cl)cc2S(=O)(=O)c2ccccn2)c2cc(F)ccc21. The number of carbonyl (C=O) groups excluding carboxylic acids is 1. The molecule has 0 unspecified atom stereocenters. The average molecular weight is 493 g/mol. The number of hydrogen-bond acceptors (Lipinski definition) is 6. The van der Waals surface area contributed by atoms with E-state index < -0.39 is 21.6 Å². The van der Waals surface area contributed by atoms with Crippen LogP contribution < -0.4 is 0 Å². The van der Waals surface area contributed by atoms with Gasteiger partial charge < -0.3 is 9.30 Å². The van der Waals surface area contributed by atoms with E-state index >= 15 is 0 Å². The Kier molecular flexibility index (Phi) is 6.07. The van der Waals surface area contributed by atoms with Gasteiger partial charge in [-0.05, 0) is 48.9 Å². The van der Waals surface area contributed by atoms with Crippen molar-refractivity contribution in [2.24, 2.45) is 0 Å². The molecule has 0 saturated carbocycles. The Morgan fingerprint density at radius 2 is 2.03 bits per heavy atom. The van der Waals surface area contributed by atoms with Gasteiger partial charge in [-0.15, -0.1) is 11.3 Å². The lowest BCUT2D eigenvalue weighted by Crippen LogP contribution is -2.12. The van der Waals surface area contributed by atoms with Crippen LogP contribution in [0.3, 0.4) is 0 Å². The molecular weight excluding hydrogens is 475 g/mol. The number of thiophene rings is 1. The third-order valence-electron chi connectivity index (χ3n) is 5.21. The number of esters is 1. The van der Waals surface area contributed by atoms with Crippen molar-refractivity contribution >= 4 is 49.6 Å². The molecule has 3 heterocycles. The normalized spacial score (nSPS) is 11.8. The van der Waals surface area contributed by atoms with Crippen LogP contribution in [0.5, 0.6) is 0 Å². The number of hydrogen-bond donors (Lipinski definition) is 0. The molecule has 32 heavy (non-hydrogen) atoms. The van der Waals surface area contributed by atoms with Crippen LogP contribution in [0.25, 0.3) is 10.9 Å². The molecule has 0 N–H and O–H groups in total. The maximum atomic E-state index is 14.1. The fourth-order valence-electron chi connectivity index (χ4n) is 3.66. The Morgan fingerprint density at radius 1 is 1.25 bits per heavy atom. The Labute approximate surface area is 193 Å². The summed E-state index contributed by atoms with van der Waals surface area (Å²) in [6.07, 6.45) is 1.60. The first-order valence-corrected chi connectivity index (χ1v) is 12.2. The Balaban J connectivity index is 1.86. The van der Waals surface area contributed by atoms with Gasteiger partial charge in [-0.1, -0.05) is 17.7 Å². The number of ether oxygens (including phenoxy) is 1. The highest BCUT2D eigenvalue weighted by Gasteiger charge is 2.27. The molecule has 0 saturated heterocycles. The van der Waals surface area contributed by atoms with E-state index in [1.807, 2.05) is 0 Å². The number of aromatic nitrogens is 2. The summed E-state index contributed by atoms with van der Waals surface area (Å²) < 4.78 is 47.4.